The summed E-state index contributed by atoms with van der Waals surface area (Å²) in [5.74, 6) is 0.622. The largest absolute Gasteiger partial charge is 0.465 e. The molecule has 172 valence electrons. The van der Waals surface area contributed by atoms with E-state index in [1.807, 2.05) is 12.1 Å². The Balaban J connectivity index is 1.43. The zero-order chi connectivity index (χ0) is 23.2. The van der Waals surface area contributed by atoms with E-state index in [4.69, 9.17) is 17.0 Å². The van der Waals surface area contributed by atoms with Crippen molar-refractivity contribution in [2.45, 2.75) is 38.5 Å². The first-order valence-electron chi connectivity index (χ1n) is 11.4. The number of thiocarbonyl (C=S) groups is 1. The van der Waals surface area contributed by atoms with Crippen LogP contribution in [0, 0.1) is 5.92 Å². The number of nitrogens with one attached hydrogen (secondary N) is 2. The molecular formula is C27H30N2O2S2. The number of thiophene rings is 1. The van der Waals surface area contributed by atoms with E-state index in [1.165, 1.54) is 23.1 Å². The van der Waals surface area contributed by atoms with Gasteiger partial charge in [-0.3, -0.25) is 0 Å². The molecule has 1 aliphatic carbocycles. The van der Waals surface area contributed by atoms with Crippen LogP contribution in [0.4, 0.5) is 5.00 Å². The highest BCUT2D eigenvalue weighted by molar-refractivity contribution is 7.80. The van der Waals surface area contributed by atoms with E-state index >= 15 is 0 Å². The van der Waals surface area contributed by atoms with Crippen molar-refractivity contribution in [1.29, 1.82) is 0 Å². The predicted octanol–water partition coefficient (Wildman–Crippen LogP) is 6.17. The van der Waals surface area contributed by atoms with Gasteiger partial charge in [0, 0.05) is 17.3 Å². The van der Waals surface area contributed by atoms with Crippen LogP contribution in [-0.4, -0.2) is 24.7 Å². The average Bonchev–Trinajstić information content (AvgIpc) is 3.19. The molecule has 0 radical (unpaired) electrons. The summed E-state index contributed by atoms with van der Waals surface area (Å²) in [7, 11) is 1.44. The second kappa shape index (κ2) is 10.9. The number of fused-ring (bicyclic) bond motifs is 1. The minimum absolute atomic E-state index is 0.281. The number of hydrogen-bond acceptors (Lipinski definition) is 4. The van der Waals surface area contributed by atoms with Crippen LogP contribution >= 0.6 is 23.6 Å². The Morgan fingerprint density at radius 3 is 2.36 bits per heavy atom. The van der Waals surface area contributed by atoms with Crippen LogP contribution in [0.3, 0.4) is 0 Å². The van der Waals surface area contributed by atoms with E-state index in [2.05, 4.69) is 66.1 Å². The molecule has 4 nitrogen and oxygen atoms in total. The molecule has 0 amide bonds. The number of hydrogen-bond donors (Lipinski definition) is 2. The van der Waals surface area contributed by atoms with Crippen LogP contribution < -0.4 is 10.6 Å². The molecule has 3 aromatic rings. The fourth-order valence-electron chi connectivity index (χ4n) is 4.53. The highest BCUT2D eigenvalue weighted by Gasteiger charge is 2.28. The first-order valence-corrected chi connectivity index (χ1v) is 12.7. The Labute approximate surface area is 205 Å². The van der Waals surface area contributed by atoms with E-state index < -0.39 is 0 Å². The van der Waals surface area contributed by atoms with Crippen LogP contribution in [0.25, 0.3) is 0 Å². The van der Waals surface area contributed by atoms with E-state index in [9.17, 15) is 4.79 Å². The van der Waals surface area contributed by atoms with Gasteiger partial charge in [-0.1, -0.05) is 67.6 Å². The molecule has 0 aliphatic heterocycles. The lowest BCUT2D eigenvalue weighted by atomic mass is 9.88. The smallest absolute Gasteiger partial charge is 0.341 e. The van der Waals surface area contributed by atoms with Crippen molar-refractivity contribution in [3.63, 3.8) is 0 Å². The molecule has 33 heavy (non-hydrogen) atoms. The summed E-state index contributed by atoms with van der Waals surface area (Å²) in [4.78, 5) is 13.8. The summed E-state index contributed by atoms with van der Waals surface area (Å²) in [6, 6.07) is 21.1. The Kier molecular flexibility index (Phi) is 7.78. The van der Waals surface area contributed by atoms with Crippen LogP contribution in [0.1, 0.15) is 57.6 Å². The van der Waals surface area contributed by atoms with Crippen molar-refractivity contribution in [1.82, 2.24) is 5.32 Å². The van der Waals surface area contributed by atoms with Crippen molar-refractivity contribution in [3.05, 3.63) is 87.8 Å². The van der Waals surface area contributed by atoms with Crippen LogP contribution in [0.2, 0.25) is 0 Å². The van der Waals surface area contributed by atoms with Gasteiger partial charge in [0.2, 0.25) is 0 Å². The van der Waals surface area contributed by atoms with E-state index in [-0.39, 0.29) is 11.9 Å². The number of carbonyl (C=O) groups is 1. The van der Waals surface area contributed by atoms with Crippen molar-refractivity contribution in [2.24, 2.45) is 5.92 Å². The molecule has 1 heterocycles. The first kappa shape index (κ1) is 23.5. The zero-order valence-electron chi connectivity index (χ0n) is 19.1. The second-order valence-electron chi connectivity index (χ2n) is 8.59. The maximum Gasteiger partial charge on any atom is 0.341 e. The third kappa shape index (κ3) is 5.63. The van der Waals surface area contributed by atoms with Crippen LogP contribution in [-0.2, 0) is 17.6 Å². The number of benzene rings is 2. The summed E-state index contributed by atoms with van der Waals surface area (Å²) in [6.07, 6.45) is 3.91. The Bertz CT molecular complexity index is 1060. The Morgan fingerprint density at radius 2 is 1.76 bits per heavy atom. The minimum Gasteiger partial charge on any atom is -0.465 e. The SMILES string of the molecule is COC(=O)c1c(NC(=S)NCCC(c2ccccc2)c2ccccc2)sc2c1CCC(C)C2. The molecule has 2 aromatic carbocycles. The molecular weight excluding hydrogens is 448 g/mol. The lowest BCUT2D eigenvalue weighted by molar-refractivity contribution is 0.0601. The fraction of sp³-hybridized carbons (Fsp3) is 0.333. The molecule has 1 unspecified atom stereocenters. The molecule has 6 heteroatoms. The number of esters is 1. The number of anilines is 1. The maximum absolute atomic E-state index is 12.5. The normalized spacial score (nSPS) is 15.1. The summed E-state index contributed by atoms with van der Waals surface area (Å²) in [5.41, 5.74) is 4.36. The molecule has 1 atom stereocenters. The van der Waals surface area contributed by atoms with Crippen molar-refractivity contribution >= 4 is 39.6 Å². The highest BCUT2D eigenvalue weighted by atomic mass is 32.1. The van der Waals surface area contributed by atoms with Gasteiger partial charge < -0.3 is 15.4 Å². The van der Waals surface area contributed by atoms with Gasteiger partial charge in [0.1, 0.15) is 5.00 Å². The monoisotopic (exact) mass is 478 g/mol. The third-order valence-electron chi connectivity index (χ3n) is 6.25. The highest BCUT2D eigenvalue weighted by Crippen LogP contribution is 2.40. The molecule has 0 saturated heterocycles. The van der Waals surface area contributed by atoms with Gasteiger partial charge in [-0.2, -0.15) is 0 Å². The molecule has 4 rings (SSSR count). The summed E-state index contributed by atoms with van der Waals surface area (Å²) < 4.78 is 5.08. The molecule has 0 spiro atoms. The quantitative estimate of drug-likeness (QED) is 0.314. The minimum atomic E-state index is -0.291. The van der Waals surface area contributed by atoms with Gasteiger partial charge in [0.25, 0.3) is 0 Å². The Hall–Kier alpha value is -2.70. The number of rotatable bonds is 7. The van der Waals surface area contributed by atoms with E-state index in [1.54, 1.807) is 11.3 Å². The van der Waals surface area contributed by atoms with Gasteiger partial charge in [-0.15, -0.1) is 11.3 Å². The van der Waals surface area contributed by atoms with Crippen molar-refractivity contribution < 1.29 is 9.53 Å². The number of methoxy groups -OCH3 is 1. The predicted molar refractivity (Wildman–Crippen MR) is 140 cm³/mol. The molecule has 0 fully saturated rings. The number of carbonyl (C=O) groups excluding carboxylic acids is 1. The summed E-state index contributed by atoms with van der Waals surface area (Å²) in [6.45, 7) is 2.98. The van der Waals surface area contributed by atoms with Gasteiger partial charge in [0.15, 0.2) is 5.11 Å². The zero-order valence-corrected chi connectivity index (χ0v) is 20.7. The topological polar surface area (TPSA) is 50.4 Å². The molecule has 1 aliphatic rings. The van der Waals surface area contributed by atoms with E-state index in [0.29, 0.717) is 16.6 Å². The standard InChI is InChI=1S/C27H30N2O2S2/c1-18-13-14-22-23(17-18)33-25(24(22)26(30)31-2)29-27(32)28-16-15-21(19-9-5-3-6-10-19)20-11-7-4-8-12-20/h3-12,18,21H,13-17H2,1-2H3,(H2,28,29,32). The Morgan fingerprint density at radius 1 is 1.12 bits per heavy atom. The average molecular weight is 479 g/mol. The lowest BCUT2D eigenvalue weighted by Gasteiger charge is -2.19. The van der Waals surface area contributed by atoms with Crippen molar-refractivity contribution in [3.8, 4) is 0 Å². The van der Waals surface area contributed by atoms with Gasteiger partial charge in [-0.25, -0.2) is 4.79 Å². The van der Waals surface area contributed by atoms with E-state index in [0.717, 1.165) is 42.8 Å². The third-order valence-corrected chi connectivity index (χ3v) is 7.67. The van der Waals surface area contributed by atoms with Crippen LogP contribution in [0.5, 0.6) is 0 Å². The lowest BCUT2D eigenvalue weighted by Crippen LogP contribution is -2.30. The summed E-state index contributed by atoms with van der Waals surface area (Å²) in [5, 5.41) is 7.97. The first-order chi connectivity index (χ1) is 16.1. The number of ether oxygens (including phenoxy) is 1. The molecule has 0 saturated carbocycles. The summed E-state index contributed by atoms with van der Waals surface area (Å²) >= 11 is 7.23. The van der Waals surface area contributed by atoms with Gasteiger partial charge in [-0.05, 0) is 60.5 Å². The second-order valence-corrected chi connectivity index (χ2v) is 10.1. The van der Waals surface area contributed by atoms with Crippen LogP contribution in [0.15, 0.2) is 60.7 Å². The molecule has 0 bridgehead atoms. The van der Waals surface area contributed by atoms with Gasteiger partial charge in [0.05, 0.1) is 12.7 Å². The molecule has 2 N–H and O–H groups in total. The van der Waals surface area contributed by atoms with Gasteiger partial charge >= 0.3 is 5.97 Å². The fourth-order valence-corrected chi connectivity index (χ4v) is 6.20. The van der Waals surface area contributed by atoms with Crippen molar-refractivity contribution in [2.75, 3.05) is 19.0 Å². The molecule has 1 aromatic heterocycles. The maximum atomic E-state index is 12.5.